The standard InChI is InChI=1S/C22H38N4O3/c1-4-23-21(25-17-22(3,27)18-26-10-12-28-13-11-26)24-14-19(2)15-29-16-20-8-6-5-7-9-20/h5-9,19,27H,4,10-18H2,1-3H3,(H2,23,24,25). The van der Waals surface area contributed by atoms with Crippen molar-refractivity contribution in [1.29, 1.82) is 0 Å². The maximum absolute atomic E-state index is 10.7. The molecule has 1 saturated heterocycles. The highest BCUT2D eigenvalue weighted by molar-refractivity contribution is 5.79. The van der Waals surface area contributed by atoms with Crippen LogP contribution >= 0.6 is 0 Å². The number of benzene rings is 1. The van der Waals surface area contributed by atoms with E-state index in [2.05, 4.69) is 39.6 Å². The van der Waals surface area contributed by atoms with Gasteiger partial charge in [-0.2, -0.15) is 0 Å². The van der Waals surface area contributed by atoms with Gasteiger partial charge in [-0.3, -0.25) is 9.89 Å². The summed E-state index contributed by atoms with van der Waals surface area (Å²) in [6.07, 6.45) is 0. The molecule has 164 valence electrons. The summed E-state index contributed by atoms with van der Waals surface area (Å²) in [5.74, 6) is 1.07. The highest BCUT2D eigenvalue weighted by Crippen LogP contribution is 2.09. The molecule has 0 aliphatic carbocycles. The Morgan fingerprint density at radius 3 is 2.69 bits per heavy atom. The molecule has 0 radical (unpaired) electrons. The molecule has 0 bridgehead atoms. The topological polar surface area (TPSA) is 78.4 Å². The number of morpholine rings is 1. The van der Waals surface area contributed by atoms with Crippen LogP contribution in [0.25, 0.3) is 0 Å². The van der Waals surface area contributed by atoms with Crippen molar-refractivity contribution in [2.75, 3.05) is 59.1 Å². The lowest BCUT2D eigenvalue weighted by atomic mass is 10.1. The largest absolute Gasteiger partial charge is 0.387 e. The summed E-state index contributed by atoms with van der Waals surface area (Å²) >= 11 is 0. The highest BCUT2D eigenvalue weighted by Gasteiger charge is 2.25. The van der Waals surface area contributed by atoms with Crippen LogP contribution in [0.3, 0.4) is 0 Å². The van der Waals surface area contributed by atoms with E-state index in [1.165, 1.54) is 5.56 Å². The molecule has 2 rings (SSSR count). The molecule has 1 heterocycles. The zero-order valence-electron chi connectivity index (χ0n) is 18.2. The van der Waals surface area contributed by atoms with Crippen LogP contribution in [0.2, 0.25) is 0 Å². The lowest BCUT2D eigenvalue weighted by Gasteiger charge is -2.33. The van der Waals surface area contributed by atoms with Crippen LogP contribution in [-0.2, 0) is 16.1 Å². The predicted molar refractivity (Wildman–Crippen MR) is 117 cm³/mol. The second-order valence-corrected chi connectivity index (χ2v) is 8.07. The van der Waals surface area contributed by atoms with Gasteiger partial charge in [0.05, 0.1) is 38.6 Å². The van der Waals surface area contributed by atoms with Gasteiger partial charge in [0, 0.05) is 32.7 Å². The minimum atomic E-state index is -0.871. The lowest BCUT2D eigenvalue weighted by molar-refractivity contribution is -0.0180. The van der Waals surface area contributed by atoms with Crippen molar-refractivity contribution in [3.05, 3.63) is 35.9 Å². The molecule has 0 saturated carbocycles. The number of hydrogen-bond donors (Lipinski definition) is 3. The van der Waals surface area contributed by atoms with Crippen molar-refractivity contribution in [3.8, 4) is 0 Å². The van der Waals surface area contributed by atoms with Gasteiger partial charge in [-0.05, 0) is 25.3 Å². The monoisotopic (exact) mass is 406 g/mol. The van der Waals surface area contributed by atoms with Crippen LogP contribution in [-0.4, -0.2) is 80.7 Å². The molecule has 1 fully saturated rings. The number of nitrogens with zero attached hydrogens (tertiary/aromatic N) is 2. The number of rotatable bonds is 11. The fourth-order valence-electron chi connectivity index (χ4n) is 3.16. The van der Waals surface area contributed by atoms with E-state index in [9.17, 15) is 5.11 Å². The Balaban J connectivity index is 1.72. The van der Waals surface area contributed by atoms with E-state index in [1.54, 1.807) is 0 Å². The minimum absolute atomic E-state index is 0.344. The second kappa shape index (κ2) is 12.8. The summed E-state index contributed by atoms with van der Waals surface area (Å²) in [6.45, 7) is 13.0. The first-order valence-electron chi connectivity index (χ1n) is 10.6. The number of β-amino-alcohol motifs (C(OH)–C–C–N with tert-alkyl or cyclic N) is 1. The van der Waals surface area contributed by atoms with E-state index in [0.29, 0.717) is 32.2 Å². The summed E-state index contributed by atoms with van der Waals surface area (Å²) in [6, 6.07) is 10.2. The maximum Gasteiger partial charge on any atom is 0.191 e. The maximum atomic E-state index is 10.7. The first-order chi connectivity index (χ1) is 14.0. The van der Waals surface area contributed by atoms with Gasteiger partial charge < -0.3 is 25.2 Å². The third kappa shape index (κ3) is 10.1. The van der Waals surface area contributed by atoms with Crippen LogP contribution < -0.4 is 10.6 Å². The van der Waals surface area contributed by atoms with Crippen LogP contribution in [0.5, 0.6) is 0 Å². The average molecular weight is 407 g/mol. The van der Waals surface area contributed by atoms with Crippen LogP contribution in [0.4, 0.5) is 0 Å². The molecule has 3 N–H and O–H groups in total. The average Bonchev–Trinajstić information content (AvgIpc) is 2.71. The Morgan fingerprint density at radius 1 is 1.28 bits per heavy atom. The summed E-state index contributed by atoms with van der Waals surface area (Å²) in [5.41, 5.74) is 0.314. The van der Waals surface area contributed by atoms with Gasteiger partial charge in [0.1, 0.15) is 0 Å². The Morgan fingerprint density at radius 2 is 2.00 bits per heavy atom. The predicted octanol–water partition coefficient (Wildman–Crippen LogP) is 1.48. The molecule has 2 atom stereocenters. The van der Waals surface area contributed by atoms with Crippen molar-refractivity contribution in [3.63, 3.8) is 0 Å². The molecule has 1 aliphatic rings. The molecule has 2 unspecified atom stereocenters. The molecule has 7 heteroatoms. The van der Waals surface area contributed by atoms with Crippen LogP contribution in [0.1, 0.15) is 26.3 Å². The number of ether oxygens (including phenoxy) is 2. The summed E-state index contributed by atoms with van der Waals surface area (Å²) in [7, 11) is 0. The molecule has 0 spiro atoms. The molecule has 1 aliphatic heterocycles. The quantitative estimate of drug-likeness (QED) is 0.382. The zero-order chi connectivity index (χ0) is 21.0. The van der Waals surface area contributed by atoms with Gasteiger partial charge in [0.2, 0.25) is 0 Å². The third-order valence-electron chi connectivity index (χ3n) is 4.72. The van der Waals surface area contributed by atoms with E-state index >= 15 is 0 Å². The van der Waals surface area contributed by atoms with Crippen LogP contribution in [0.15, 0.2) is 35.3 Å². The van der Waals surface area contributed by atoms with E-state index in [1.807, 2.05) is 32.0 Å². The summed E-state index contributed by atoms with van der Waals surface area (Å²) in [4.78, 5) is 6.82. The molecular weight excluding hydrogens is 368 g/mol. The van der Waals surface area contributed by atoms with Crippen molar-refractivity contribution >= 4 is 5.96 Å². The Hall–Kier alpha value is -1.67. The molecule has 29 heavy (non-hydrogen) atoms. The molecular formula is C22H38N4O3. The van der Waals surface area contributed by atoms with E-state index in [0.717, 1.165) is 45.4 Å². The molecule has 0 aromatic heterocycles. The molecule has 1 aromatic carbocycles. The SMILES string of the molecule is CCNC(=NCC(C)(O)CN1CCOCC1)NCC(C)COCc1ccccc1. The van der Waals surface area contributed by atoms with Gasteiger partial charge >= 0.3 is 0 Å². The fraction of sp³-hybridized carbons (Fsp3) is 0.682. The summed E-state index contributed by atoms with van der Waals surface area (Å²) < 4.78 is 11.2. The smallest absolute Gasteiger partial charge is 0.191 e. The fourth-order valence-corrected chi connectivity index (χ4v) is 3.16. The second-order valence-electron chi connectivity index (χ2n) is 8.07. The first kappa shape index (κ1) is 23.6. The third-order valence-corrected chi connectivity index (χ3v) is 4.72. The lowest BCUT2D eigenvalue weighted by Crippen LogP contribution is -2.48. The Kier molecular flexibility index (Phi) is 10.4. The highest BCUT2D eigenvalue weighted by atomic mass is 16.5. The normalized spacial score (nSPS) is 18.8. The molecule has 1 aromatic rings. The van der Waals surface area contributed by atoms with E-state index in [4.69, 9.17) is 9.47 Å². The Bertz CT molecular complexity index is 589. The number of aliphatic imine (C=N–C) groups is 1. The van der Waals surface area contributed by atoms with Crippen molar-refractivity contribution in [1.82, 2.24) is 15.5 Å². The van der Waals surface area contributed by atoms with Crippen molar-refractivity contribution < 1.29 is 14.6 Å². The van der Waals surface area contributed by atoms with Crippen molar-refractivity contribution in [2.45, 2.75) is 33.0 Å². The van der Waals surface area contributed by atoms with Crippen molar-refractivity contribution in [2.24, 2.45) is 10.9 Å². The van der Waals surface area contributed by atoms with Gasteiger partial charge in [0.25, 0.3) is 0 Å². The van der Waals surface area contributed by atoms with Gasteiger partial charge in [-0.15, -0.1) is 0 Å². The number of hydrogen-bond acceptors (Lipinski definition) is 5. The Labute approximate surface area is 175 Å². The minimum Gasteiger partial charge on any atom is -0.387 e. The summed E-state index contributed by atoms with van der Waals surface area (Å²) in [5, 5.41) is 17.3. The van der Waals surface area contributed by atoms with E-state index < -0.39 is 5.60 Å². The van der Waals surface area contributed by atoms with E-state index in [-0.39, 0.29) is 0 Å². The van der Waals surface area contributed by atoms with Gasteiger partial charge in [-0.1, -0.05) is 37.3 Å². The zero-order valence-corrected chi connectivity index (χ0v) is 18.2. The number of nitrogens with one attached hydrogen (secondary N) is 2. The first-order valence-corrected chi connectivity index (χ1v) is 10.6. The van der Waals surface area contributed by atoms with Gasteiger partial charge in [0.15, 0.2) is 5.96 Å². The molecule has 0 amide bonds. The number of guanidine groups is 1. The number of aliphatic hydroxyl groups is 1. The molecule has 7 nitrogen and oxygen atoms in total. The van der Waals surface area contributed by atoms with Gasteiger partial charge in [-0.25, -0.2) is 0 Å². The van der Waals surface area contributed by atoms with Crippen LogP contribution in [0, 0.1) is 5.92 Å².